The molecule has 0 saturated carbocycles. The first-order valence-corrected chi connectivity index (χ1v) is 5.59. The van der Waals surface area contributed by atoms with Crippen LogP contribution in [0.3, 0.4) is 0 Å². The first kappa shape index (κ1) is 12.0. The molecule has 0 radical (unpaired) electrons. The number of anilines is 1. The highest BCUT2D eigenvalue weighted by Gasteiger charge is 2.05. The molecule has 1 rings (SSSR count). The summed E-state index contributed by atoms with van der Waals surface area (Å²) in [7, 11) is 2.05. The number of nitrogens with zero attached hydrogens (tertiary/aromatic N) is 2. The maximum Gasteiger partial charge on any atom is 0.128 e. The largest absolute Gasteiger partial charge is 0.360 e. The van der Waals surface area contributed by atoms with Crippen molar-refractivity contribution in [1.82, 2.24) is 10.3 Å². The van der Waals surface area contributed by atoms with Crippen LogP contribution in [0.1, 0.15) is 32.4 Å². The Morgan fingerprint density at radius 1 is 1.40 bits per heavy atom. The molecule has 84 valence electrons. The number of rotatable bonds is 5. The van der Waals surface area contributed by atoms with Crippen molar-refractivity contribution in [2.45, 2.75) is 26.8 Å². The fourth-order valence-corrected chi connectivity index (χ4v) is 1.47. The van der Waals surface area contributed by atoms with Gasteiger partial charge >= 0.3 is 0 Å². The van der Waals surface area contributed by atoms with E-state index in [4.69, 9.17) is 0 Å². The smallest absolute Gasteiger partial charge is 0.128 e. The molecular formula is C12H21N3. The van der Waals surface area contributed by atoms with Crippen LogP contribution in [0, 0.1) is 0 Å². The average Bonchev–Trinajstić information content (AvgIpc) is 2.28. The summed E-state index contributed by atoms with van der Waals surface area (Å²) in [5.74, 6) is 1.03. The topological polar surface area (TPSA) is 28.2 Å². The van der Waals surface area contributed by atoms with Crippen molar-refractivity contribution < 1.29 is 0 Å². The van der Waals surface area contributed by atoms with Crippen LogP contribution in [0.15, 0.2) is 18.3 Å². The Labute approximate surface area is 92.5 Å². The van der Waals surface area contributed by atoms with Crippen molar-refractivity contribution in [3.05, 3.63) is 23.9 Å². The van der Waals surface area contributed by atoms with Gasteiger partial charge in [0, 0.05) is 25.8 Å². The molecule has 3 heteroatoms. The minimum Gasteiger partial charge on any atom is -0.360 e. The zero-order valence-electron chi connectivity index (χ0n) is 10.1. The molecule has 0 aromatic carbocycles. The molecule has 0 saturated heterocycles. The van der Waals surface area contributed by atoms with Crippen LogP contribution in [0.25, 0.3) is 0 Å². The molecule has 1 aromatic rings. The summed E-state index contributed by atoms with van der Waals surface area (Å²) >= 11 is 0. The maximum atomic E-state index is 4.44. The SMILES string of the molecule is CCNC(C)c1ccc(N(C)CC)nc1. The van der Waals surface area contributed by atoms with Crippen molar-refractivity contribution in [1.29, 1.82) is 0 Å². The van der Waals surface area contributed by atoms with Crippen LogP contribution < -0.4 is 10.2 Å². The maximum absolute atomic E-state index is 4.44. The number of pyridine rings is 1. The summed E-state index contributed by atoms with van der Waals surface area (Å²) in [6.45, 7) is 8.36. The molecule has 0 bridgehead atoms. The predicted octanol–water partition coefficient (Wildman–Crippen LogP) is 2.21. The molecule has 0 fully saturated rings. The van der Waals surface area contributed by atoms with Gasteiger partial charge in [-0.2, -0.15) is 0 Å². The minimum atomic E-state index is 0.378. The zero-order valence-corrected chi connectivity index (χ0v) is 10.1. The molecule has 0 amide bonds. The van der Waals surface area contributed by atoms with Gasteiger partial charge in [-0.15, -0.1) is 0 Å². The lowest BCUT2D eigenvalue weighted by Crippen LogP contribution is -2.19. The van der Waals surface area contributed by atoms with E-state index in [2.05, 4.69) is 55.2 Å². The summed E-state index contributed by atoms with van der Waals surface area (Å²) in [6, 6.07) is 4.59. The highest BCUT2D eigenvalue weighted by molar-refractivity contribution is 5.38. The first-order valence-electron chi connectivity index (χ1n) is 5.59. The van der Waals surface area contributed by atoms with E-state index in [1.807, 2.05) is 6.20 Å². The molecule has 0 spiro atoms. The van der Waals surface area contributed by atoms with Crippen LogP contribution in [0.2, 0.25) is 0 Å². The quantitative estimate of drug-likeness (QED) is 0.802. The van der Waals surface area contributed by atoms with E-state index >= 15 is 0 Å². The zero-order chi connectivity index (χ0) is 11.3. The monoisotopic (exact) mass is 207 g/mol. The molecule has 15 heavy (non-hydrogen) atoms. The number of aromatic nitrogens is 1. The van der Waals surface area contributed by atoms with E-state index < -0.39 is 0 Å². The van der Waals surface area contributed by atoms with Gasteiger partial charge in [-0.3, -0.25) is 0 Å². The van der Waals surface area contributed by atoms with Crippen molar-refractivity contribution >= 4 is 5.82 Å². The fraction of sp³-hybridized carbons (Fsp3) is 0.583. The van der Waals surface area contributed by atoms with Crippen molar-refractivity contribution in [2.24, 2.45) is 0 Å². The van der Waals surface area contributed by atoms with Crippen LogP contribution in [-0.2, 0) is 0 Å². The second-order valence-corrected chi connectivity index (χ2v) is 3.74. The van der Waals surface area contributed by atoms with Crippen LogP contribution in [0.5, 0.6) is 0 Å². The van der Waals surface area contributed by atoms with Gasteiger partial charge in [-0.1, -0.05) is 13.0 Å². The fourth-order valence-electron chi connectivity index (χ4n) is 1.47. The Morgan fingerprint density at radius 2 is 2.13 bits per heavy atom. The Bertz CT molecular complexity index is 281. The van der Waals surface area contributed by atoms with Gasteiger partial charge in [-0.05, 0) is 32.0 Å². The van der Waals surface area contributed by atoms with Crippen LogP contribution in [0.4, 0.5) is 5.82 Å². The Morgan fingerprint density at radius 3 is 2.60 bits per heavy atom. The molecule has 0 aliphatic heterocycles. The highest BCUT2D eigenvalue weighted by Crippen LogP contribution is 2.14. The molecule has 1 aromatic heterocycles. The van der Waals surface area contributed by atoms with E-state index in [9.17, 15) is 0 Å². The minimum absolute atomic E-state index is 0.378. The second kappa shape index (κ2) is 5.71. The molecule has 1 unspecified atom stereocenters. The molecule has 3 nitrogen and oxygen atoms in total. The Hall–Kier alpha value is -1.09. The van der Waals surface area contributed by atoms with E-state index in [1.165, 1.54) is 5.56 Å². The lowest BCUT2D eigenvalue weighted by atomic mass is 10.1. The summed E-state index contributed by atoms with van der Waals surface area (Å²) in [5, 5.41) is 3.37. The Kier molecular flexibility index (Phi) is 4.56. The highest BCUT2D eigenvalue weighted by atomic mass is 15.1. The van der Waals surface area contributed by atoms with Gasteiger partial charge in [0.1, 0.15) is 5.82 Å². The van der Waals surface area contributed by atoms with Crippen LogP contribution >= 0.6 is 0 Å². The van der Waals surface area contributed by atoms with Crippen LogP contribution in [-0.4, -0.2) is 25.1 Å². The number of nitrogens with one attached hydrogen (secondary N) is 1. The normalized spacial score (nSPS) is 12.5. The van der Waals surface area contributed by atoms with Gasteiger partial charge in [0.15, 0.2) is 0 Å². The third-order valence-electron chi connectivity index (χ3n) is 2.65. The van der Waals surface area contributed by atoms with Crippen molar-refractivity contribution in [3.8, 4) is 0 Å². The van der Waals surface area contributed by atoms with E-state index in [0.717, 1.165) is 18.9 Å². The van der Waals surface area contributed by atoms with Gasteiger partial charge in [-0.25, -0.2) is 4.98 Å². The number of hydrogen-bond acceptors (Lipinski definition) is 3. The van der Waals surface area contributed by atoms with Gasteiger partial charge < -0.3 is 10.2 Å². The third-order valence-corrected chi connectivity index (χ3v) is 2.65. The number of hydrogen-bond donors (Lipinski definition) is 1. The van der Waals surface area contributed by atoms with Gasteiger partial charge in [0.2, 0.25) is 0 Å². The first-order chi connectivity index (χ1) is 7.19. The Balaban J connectivity index is 2.71. The van der Waals surface area contributed by atoms with Gasteiger partial charge in [0.05, 0.1) is 0 Å². The molecule has 1 heterocycles. The summed E-state index contributed by atoms with van der Waals surface area (Å²) < 4.78 is 0. The molecule has 0 aliphatic rings. The third kappa shape index (κ3) is 3.20. The molecule has 1 atom stereocenters. The predicted molar refractivity (Wildman–Crippen MR) is 65.3 cm³/mol. The van der Waals surface area contributed by atoms with Crippen molar-refractivity contribution in [2.75, 3.05) is 25.0 Å². The van der Waals surface area contributed by atoms with E-state index in [0.29, 0.717) is 6.04 Å². The summed E-state index contributed by atoms with van der Waals surface area (Å²) in [4.78, 5) is 6.57. The lowest BCUT2D eigenvalue weighted by molar-refractivity contribution is 0.596. The van der Waals surface area contributed by atoms with E-state index in [1.54, 1.807) is 0 Å². The molecule has 0 aliphatic carbocycles. The second-order valence-electron chi connectivity index (χ2n) is 3.74. The summed E-state index contributed by atoms with van der Waals surface area (Å²) in [6.07, 6.45) is 1.95. The summed E-state index contributed by atoms with van der Waals surface area (Å²) in [5.41, 5.74) is 1.24. The molecule has 1 N–H and O–H groups in total. The lowest BCUT2D eigenvalue weighted by Gasteiger charge is -2.17. The standard InChI is InChI=1S/C12H21N3/c1-5-13-10(3)11-7-8-12(14-9-11)15(4)6-2/h7-10,13H,5-6H2,1-4H3. The van der Waals surface area contributed by atoms with E-state index in [-0.39, 0.29) is 0 Å². The van der Waals surface area contributed by atoms with Gasteiger partial charge in [0.25, 0.3) is 0 Å². The molecular weight excluding hydrogens is 186 g/mol. The average molecular weight is 207 g/mol. The van der Waals surface area contributed by atoms with Crippen molar-refractivity contribution in [3.63, 3.8) is 0 Å².